The molecule has 1 unspecified atom stereocenters. The molecule has 11 heteroatoms. The number of nitrogens with zero attached hydrogens (tertiary/aromatic N) is 4. The van der Waals surface area contributed by atoms with E-state index in [4.69, 9.17) is 14.7 Å². The molecule has 4 aromatic rings. The SMILES string of the molecule is O=C(NCC1CCCO1)c1ccc(CSc2nc(-c3ccccc3)cc(N3CCN(c4cccc(C(F)(F)F)c4)CC3)n2)cc1. The molecule has 1 atom stereocenters. The molecule has 1 amide bonds. The average molecular weight is 634 g/mol. The zero-order chi connectivity index (χ0) is 31.2. The summed E-state index contributed by atoms with van der Waals surface area (Å²) in [6, 6.07) is 24.9. The largest absolute Gasteiger partial charge is 0.416 e. The molecule has 7 nitrogen and oxygen atoms in total. The number of rotatable bonds is 9. The fraction of sp³-hybridized carbons (Fsp3) is 0.324. The third kappa shape index (κ3) is 7.96. The Balaban J connectivity index is 1.12. The zero-order valence-electron chi connectivity index (χ0n) is 24.7. The molecule has 0 aliphatic carbocycles. The number of carbonyl (C=O) groups excluding carboxylic acids is 1. The van der Waals surface area contributed by atoms with Crippen LogP contribution in [-0.4, -0.2) is 61.3 Å². The Bertz CT molecular complexity index is 1590. The molecule has 1 aromatic heterocycles. The molecule has 3 heterocycles. The molecule has 0 radical (unpaired) electrons. The monoisotopic (exact) mass is 633 g/mol. The van der Waals surface area contributed by atoms with Gasteiger partial charge in [0.15, 0.2) is 5.16 Å². The molecule has 0 spiro atoms. The number of thioether (sulfide) groups is 1. The van der Waals surface area contributed by atoms with Crippen molar-refractivity contribution in [2.75, 3.05) is 49.1 Å². The summed E-state index contributed by atoms with van der Waals surface area (Å²) in [5.41, 5.74) is 3.36. The number of piperazine rings is 1. The van der Waals surface area contributed by atoms with E-state index in [-0.39, 0.29) is 12.0 Å². The normalized spacial score (nSPS) is 17.0. The first-order valence-electron chi connectivity index (χ1n) is 15.0. The Morgan fingerprint density at radius 3 is 2.38 bits per heavy atom. The molecule has 2 aliphatic heterocycles. The highest BCUT2D eigenvalue weighted by Crippen LogP contribution is 2.33. The molecule has 45 heavy (non-hydrogen) atoms. The molecule has 234 valence electrons. The van der Waals surface area contributed by atoms with Crippen LogP contribution in [0.3, 0.4) is 0 Å². The maximum atomic E-state index is 13.3. The number of nitrogens with one attached hydrogen (secondary N) is 1. The smallest absolute Gasteiger partial charge is 0.376 e. The van der Waals surface area contributed by atoms with Crippen LogP contribution in [0.15, 0.2) is 90.1 Å². The van der Waals surface area contributed by atoms with Gasteiger partial charge in [0.1, 0.15) is 5.82 Å². The Hall–Kier alpha value is -4.09. The number of alkyl halides is 3. The number of halogens is 3. The van der Waals surface area contributed by atoms with E-state index in [0.717, 1.165) is 48.2 Å². The molecule has 3 aromatic carbocycles. The number of amides is 1. The van der Waals surface area contributed by atoms with Gasteiger partial charge in [0.05, 0.1) is 17.4 Å². The number of ether oxygens (including phenoxy) is 1. The number of aromatic nitrogens is 2. The van der Waals surface area contributed by atoms with Crippen LogP contribution in [0, 0.1) is 0 Å². The van der Waals surface area contributed by atoms with Crippen molar-refractivity contribution < 1.29 is 22.7 Å². The number of hydrogen-bond donors (Lipinski definition) is 1. The van der Waals surface area contributed by atoms with E-state index in [1.54, 1.807) is 6.07 Å². The molecule has 2 aliphatic rings. The predicted octanol–water partition coefficient (Wildman–Crippen LogP) is 6.69. The summed E-state index contributed by atoms with van der Waals surface area (Å²) < 4.78 is 45.4. The Kier molecular flexibility index (Phi) is 9.56. The molecule has 1 N–H and O–H groups in total. The first-order chi connectivity index (χ1) is 21.8. The highest BCUT2D eigenvalue weighted by atomic mass is 32.2. The van der Waals surface area contributed by atoms with Crippen molar-refractivity contribution >= 4 is 29.2 Å². The molecule has 2 saturated heterocycles. The zero-order valence-corrected chi connectivity index (χ0v) is 25.5. The van der Waals surface area contributed by atoms with Crippen molar-refractivity contribution in [3.05, 3.63) is 102 Å². The van der Waals surface area contributed by atoms with Crippen molar-refractivity contribution in [3.63, 3.8) is 0 Å². The second kappa shape index (κ2) is 13.9. The molecule has 0 bridgehead atoms. The minimum absolute atomic E-state index is 0.0976. The van der Waals surface area contributed by atoms with E-state index in [2.05, 4.69) is 10.2 Å². The van der Waals surface area contributed by atoms with Crippen LogP contribution in [-0.2, 0) is 16.7 Å². The van der Waals surface area contributed by atoms with Crippen molar-refractivity contribution in [3.8, 4) is 11.3 Å². The summed E-state index contributed by atoms with van der Waals surface area (Å²) in [6.45, 7) is 3.65. The average Bonchev–Trinajstić information content (AvgIpc) is 3.60. The Morgan fingerprint density at radius 2 is 1.67 bits per heavy atom. The van der Waals surface area contributed by atoms with Crippen LogP contribution in [0.1, 0.15) is 34.3 Å². The van der Waals surface area contributed by atoms with Gasteiger partial charge in [0.25, 0.3) is 5.91 Å². The van der Waals surface area contributed by atoms with E-state index in [1.165, 1.54) is 23.9 Å². The summed E-state index contributed by atoms with van der Waals surface area (Å²) in [5.74, 6) is 1.30. The summed E-state index contributed by atoms with van der Waals surface area (Å²) in [5, 5.41) is 3.59. The summed E-state index contributed by atoms with van der Waals surface area (Å²) >= 11 is 1.52. The van der Waals surface area contributed by atoms with Crippen LogP contribution in [0.5, 0.6) is 0 Å². The standard InChI is InChI=1S/C34H34F3N5O2S/c35-34(36,37)27-8-4-9-28(20-27)41-15-17-42(18-16-41)31-21-30(25-6-2-1-3-7-25)39-33(40-31)45-23-24-11-13-26(14-12-24)32(43)38-22-29-10-5-19-44-29/h1-4,6-9,11-14,20-21,29H,5,10,15-19,22-23H2,(H,38,43). The number of hydrogen-bond acceptors (Lipinski definition) is 7. The van der Waals surface area contributed by atoms with Crippen LogP contribution in [0.2, 0.25) is 0 Å². The highest BCUT2D eigenvalue weighted by Gasteiger charge is 2.31. The first kappa shape index (κ1) is 30.9. The van der Waals surface area contributed by atoms with E-state index < -0.39 is 11.7 Å². The summed E-state index contributed by atoms with van der Waals surface area (Å²) in [6.07, 6.45) is -2.27. The molecular formula is C34H34F3N5O2S. The van der Waals surface area contributed by atoms with Gasteiger partial charge in [-0.25, -0.2) is 9.97 Å². The van der Waals surface area contributed by atoms with E-state index >= 15 is 0 Å². The lowest BCUT2D eigenvalue weighted by molar-refractivity contribution is -0.137. The van der Waals surface area contributed by atoms with Gasteiger partial charge in [-0.2, -0.15) is 13.2 Å². The molecule has 6 rings (SSSR count). The van der Waals surface area contributed by atoms with E-state index in [9.17, 15) is 18.0 Å². The maximum Gasteiger partial charge on any atom is 0.416 e. The maximum absolute atomic E-state index is 13.3. The van der Waals surface area contributed by atoms with Crippen LogP contribution in [0.25, 0.3) is 11.3 Å². The summed E-state index contributed by atoms with van der Waals surface area (Å²) in [7, 11) is 0. The third-order valence-electron chi connectivity index (χ3n) is 8.00. The van der Waals surface area contributed by atoms with Crippen LogP contribution in [0.4, 0.5) is 24.7 Å². The minimum Gasteiger partial charge on any atom is -0.376 e. The predicted molar refractivity (Wildman–Crippen MR) is 171 cm³/mol. The lowest BCUT2D eigenvalue weighted by Gasteiger charge is -2.37. The lowest BCUT2D eigenvalue weighted by atomic mass is 10.1. The van der Waals surface area contributed by atoms with E-state index in [1.807, 2.05) is 65.6 Å². The van der Waals surface area contributed by atoms with Gasteiger partial charge in [0, 0.05) is 68.0 Å². The second-order valence-electron chi connectivity index (χ2n) is 11.1. The molecule has 0 saturated carbocycles. The minimum atomic E-state index is -4.37. The topological polar surface area (TPSA) is 70.6 Å². The van der Waals surface area contributed by atoms with E-state index in [0.29, 0.717) is 54.9 Å². The van der Waals surface area contributed by atoms with Gasteiger partial charge in [-0.15, -0.1) is 0 Å². The Labute approximate surface area is 264 Å². The fourth-order valence-corrected chi connectivity index (χ4v) is 6.29. The molecular weight excluding hydrogens is 599 g/mol. The van der Waals surface area contributed by atoms with Crippen molar-refractivity contribution in [1.82, 2.24) is 15.3 Å². The van der Waals surface area contributed by atoms with Crippen LogP contribution < -0.4 is 15.1 Å². The van der Waals surface area contributed by atoms with Crippen molar-refractivity contribution in [2.24, 2.45) is 0 Å². The van der Waals surface area contributed by atoms with Gasteiger partial charge in [-0.3, -0.25) is 4.79 Å². The number of benzene rings is 3. The Morgan fingerprint density at radius 1 is 0.911 bits per heavy atom. The van der Waals surface area contributed by atoms with Gasteiger partial charge in [0.2, 0.25) is 0 Å². The second-order valence-corrected chi connectivity index (χ2v) is 12.1. The fourth-order valence-electron chi connectivity index (χ4n) is 5.48. The quantitative estimate of drug-likeness (QED) is 0.163. The number of carbonyl (C=O) groups is 1. The van der Waals surface area contributed by atoms with Gasteiger partial charge in [-0.05, 0) is 48.7 Å². The first-order valence-corrected chi connectivity index (χ1v) is 16.0. The van der Waals surface area contributed by atoms with Crippen LogP contribution >= 0.6 is 11.8 Å². The number of anilines is 2. The van der Waals surface area contributed by atoms with Gasteiger partial charge in [-0.1, -0.05) is 60.3 Å². The third-order valence-corrected chi connectivity index (χ3v) is 8.92. The van der Waals surface area contributed by atoms with Crippen molar-refractivity contribution in [1.29, 1.82) is 0 Å². The lowest BCUT2D eigenvalue weighted by Crippen LogP contribution is -2.47. The molecule has 2 fully saturated rings. The summed E-state index contributed by atoms with van der Waals surface area (Å²) in [4.78, 5) is 26.4. The van der Waals surface area contributed by atoms with Gasteiger partial charge >= 0.3 is 6.18 Å². The highest BCUT2D eigenvalue weighted by molar-refractivity contribution is 7.98. The van der Waals surface area contributed by atoms with Crippen molar-refractivity contribution in [2.45, 2.75) is 36.0 Å². The van der Waals surface area contributed by atoms with Gasteiger partial charge < -0.3 is 19.9 Å².